The molecule has 56 valence electrons. The number of thiophene rings is 1. The summed E-state index contributed by atoms with van der Waals surface area (Å²) < 4.78 is 0.857. The van der Waals surface area contributed by atoms with Crippen LogP contribution in [0.25, 0.3) is 0 Å². The fourth-order valence-corrected chi connectivity index (χ4v) is 1.72. The summed E-state index contributed by atoms with van der Waals surface area (Å²) in [4.78, 5) is 2.16. The molecule has 0 spiro atoms. The topological polar surface area (TPSA) is 3.24 Å². The normalized spacial score (nSPS) is 9.90. The van der Waals surface area contributed by atoms with E-state index in [0.717, 1.165) is 10.9 Å². The zero-order valence-corrected chi connectivity index (χ0v) is 7.67. The summed E-state index contributed by atoms with van der Waals surface area (Å²) in [6, 6.07) is 3.96. The van der Waals surface area contributed by atoms with Gasteiger partial charge in [0.1, 0.15) is 0 Å². The van der Waals surface area contributed by atoms with Gasteiger partial charge in [-0.2, -0.15) is 0 Å². The summed E-state index contributed by atoms with van der Waals surface area (Å²) in [5, 5.41) is 1.23. The highest BCUT2D eigenvalue weighted by molar-refractivity contribution is 7.19. The molecular formula is C7H10ClNS. The molecule has 1 aromatic heterocycles. The average molecular weight is 176 g/mol. The first-order chi connectivity index (χ1) is 4.74. The minimum atomic E-state index is 0.857. The van der Waals surface area contributed by atoms with Crippen LogP contribution >= 0.6 is 22.9 Å². The zero-order chi connectivity index (χ0) is 7.56. The molecule has 0 amide bonds. The first-order valence-corrected chi connectivity index (χ1v) is 4.40. The maximum atomic E-state index is 5.75. The van der Waals surface area contributed by atoms with Gasteiger partial charge >= 0.3 is 0 Å². The van der Waals surface area contributed by atoms with Gasteiger partial charge in [-0.1, -0.05) is 11.6 Å². The Balaban J connectivity index is 2.74. The fraction of sp³-hybridized carbons (Fsp3) is 0.429. The van der Waals surface area contributed by atoms with Crippen LogP contribution in [-0.2, 0) is 0 Å². The van der Waals surface area contributed by atoms with Crippen molar-refractivity contribution in [3.8, 4) is 0 Å². The van der Waals surface area contributed by atoms with Crippen molar-refractivity contribution in [1.29, 1.82) is 0 Å². The lowest BCUT2D eigenvalue weighted by molar-refractivity contribution is 0.982. The largest absolute Gasteiger partial charge is 0.367 e. The number of hydrogen-bond donors (Lipinski definition) is 0. The van der Waals surface area contributed by atoms with E-state index in [2.05, 4.69) is 18.9 Å². The van der Waals surface area contributed by atoms with Gasteiger partial charge in [0.15, 0.2) is 0 Å². The van der Waals surface area contributed by atoms with E-state index in [0.29, 0.717) is 0 Å². The molecule has 0 saturated heterocycles. The smallest absolute Gasteiger partial charge is 0.0950 e. The predicted molar refractivity (Wildman–Crippen MR) is 48.3 cm³/mol. The molecule has 0 radical (unpaired) electrons. The van der Waals surface area contributed by atoms with Crippen LogP contribution in [0.3, 0.4) is 0 Å². The summed E-state index contributed by atoms with van der Waals surface area (Å²) in [6.07, 6.45) is 0. The summed E-state index contributed by atoms with van der Waals surface area (Å²) in [5.41, 5.74) is 0. The van der Waals surface area contributed by atoms with Gasteiger partial charge in [0.25, 0.3) is 0 Å². The van der Waals surface area contributed by atoms with E-state index in [1.165, 1.54) is 5.00 Å². The second kappa shape index (κ2) is 3.26. The SMILES string of the molecule is CCN(C)c1ccc(Cl)s1. The molecule has 0 atom stereocenters. The van der Waals surface area contributed by atoms with Gasteiger partial charge in [-0.25, -0.2) is 0 Å². The van der Waals surface area contributed by atoms with Crippen molar-refractivity contribution in [2.75, 3.05) is 18.5 Å². The number of halogens is 1. The van der Waals surface area contributed by atoms with E-state index in [1.54, 1.807) is 11.3 Å². The molecule has 0 saturated carbocycles. The van der Waals surface area contributed by atoms with Crippen molar-refractivity contribution >= 4 is 27.9 Å². The van der Waals surface area contributed by atoms with E-state index in [4.69, 9.17) is 11.6 Å². The Morgan fingerprint density at radius 2 is 2.30 bits per heavy atom. The van der Waals surface area contributed by atoms with Gasteiger partial charge in [0, 0.05) is 13.6 Å². The fourth-order valence-electron chi connectivity index (χ4n) is 0.666. The van der Waals surface area contributed by atoms with E-state index in [1.807, 2.05) is 12.1 Å². The van der Waals surface area contributed by atoms with Crippen LogP contribution in [0, 0.1) is 0 Å². The van der Waals surface area contributed by atoms with Crippen molar-refractivity contribution in [1.82, 2.24) is 0 Å². The van der Waals surface area contributed by atoms with Crippen molar-refractivity contribution in [2.24, 2.45) is 0 Å². The first-order valence-electron chi connectivity index (χ1n) is 3.20. The summed E-state index contributed by atoms with van der Waals surface area (Å²) >= 11 is 7.37. The Hall–Kier alpha value is -0.210. The van der Waals surface area contributed by atoms with Crippen molar-refractivity contribution in [3.05, 3.63) is 16.5 Å². The highest BCUT2D eigenvalue weighted by Crippen LogP contribution is 2.28. The molecule has 1 heterocycles. The van der Waals surface area contributed by atoms with Crippen LogP contribution in [0.5, 0.6) is 0 Å². The third-order valence-electron chi connectivity index (χ3n) is 1.41. The van der Waals surface area contributed by atoms with Crippen LogP contribution in [0.2, 0.25) is 4.34 Å². The molecule has 0 unspecified atom stereocenters. The molecule has 0 fully saturated rings. The van der Waals surface area contributed by atoms with E-state index < -0.39 is 0 Å². The van der Waals surface area contributed by atoms with E-state index in [-0.39, 0.29) is 0 Å². The second-order valence-corrected chi connectivity index (χ2v) is 3.79. The van der Waals surface area contributed by atoms with Crippen molar-refractivity contribution in [2.45, 2.75) is 6.92 Å². The minimum absolute atomic E-state index is 0.857. The molecule has 0 aliphatic carbocycles. The van der Waals surface area contributed by atoms with Gasteiger partial charge in [0.2, 0.25) is 0 Å². The van der Waals surface area contributed by atoms with E-state index in [9.17, 15) is 0 Å². The lowest BCUT2D eigenvalue weighted by Gasteiger charge is -2.12. The summed E-state index contributed by atoms with van der Waals surface area (Å²) in [6.45, 7) is 3.14. The maximum Gasteiger partial charge on any atom is 0.0950 e. The molecule has 0 aromatic carbocycles. The summed E-state index contributed by atoms with van der Waals surface area (Å²) in [5.74, 6) is 0. The Morgan fingerprint density at radius 1 is 1.60 bits per heavy atom. The van der Waals surface area contributed by atoms with Gasteiger partial charge in [0.05, 0.1) is 9.34 Å². The second-order valence-electron chi connectivity index (χ2n) is 2.09. The lowest BCUT2D eigenvalue weighted by Crippen LogP contribution is -2.13. The molecule has 0 N–H and O–H groups in total. The van der Waals surface area contributed by atoms with Gasteiger partial charge in [-0.3, -0.25) is 0 Å². The van der Waals surface area contributed by atoms with E-state index >= 15 is 0 Å². The number of hydrogen-bond acceptors (Lipinski definition) is 2. The van der Waals surface area contributed by atoms with Gasteiger partial charge < -0.3 is 4.90 Å². The Kier molecular flexibility index (Phi) is 2.57. The average Bonchev–Trinajstić information content (AvgIpc) is 2.34. The molecule has 0 aliphatic heterocycles. The van der Waals surface area contributed by atoms with Gasteiger partial charge in [-0.15, -0.1) is 11.3 Å². The molecule has 0 bridgehead atoms. The standard InChI is InChI=1S/C7H10ClNS/c1-3-9(2)7-5-4-6(8)10-7/h4-5H,3H2,1-2H3. The van der Waals surface area contributed by atoms with Crippen molar-refractivity contribution < 1.29 is 0 Å². The minimum Gasteiger partial charge on any atom is -0.367 e. The van der Waals surface area contributed by atoms with Crippen LogP contribution in [-0.4, -0.2) is 13.6 Å². The highest BCUT2D eigenvalue weighted by Gasteiger charge is 1.99. The van der Waals surface area contributed by atoms with Crippen molar-refractivity contribution in [3.63, 3.8) is 0 Å². The number of nitrogens with zero attached hydrogens (tertiary/aromatic N) is 1. The Bertz CT molecular complexity index is 209. The maximum absolute atomic E-state index is 5.75. The molecular weight excluding hydrogens is 166 g/mol. The Morgan fingerprint density at radius 3 is 2.70 bits per heavy atom. The molecule has 0 aliphatic rings. The monoisotopic (exact) mass is 175 g/mol. The molecule has 1 nitrogen and oxygen atoms in total. The quantitative estimate of drug-likeness (QED) is 0.668. The van der Waals surface area contributed by atoms with Crippen LogP contribution < -0.4 is 4.90 Å². The lowest BCUT2D eigenvalue weighted by atomic mass is 10.5. The molecule has 1 aromatic rings. The van der Waals surface area contributed by atoms with Crippen LogP contribution in [0.1, 0.15) is 6.92 Å². The third kappa shape index (κ3) is 1.64. The first kappa shape index (κ1) is 7.89. The van der Waals surface area contributed by atoms with Crippen LogP contribution in [0.15, 0.2) is 12.1 Å². The number of anilines is 1. The third-order valence-corrected chi connectivity index (χ3v) is 2.76. The molecule has 10 heavy (non-hydrogen) atoms. The van der Waals surface area contributed by atoms with Crippen LogP contribution in [0.4, 0.5) is 5.00 Å². The molecule has 1 rings (SSSR count). The predicted octanol–water partition coefficient (Wildman–Crippen LogP) is 2.86. The summed E-state index contributed by atoms with van der Waals surface area (Å²) in [7, 11) is 2.06. The van der Waals surface area contributed by atoms with Gasteiger partial charge in [-0.05, 0) is 19.1 Å². The highest BCUT2D eigenvalue weighted by atomic mass is 35.5. The molecule has 3 heteroatoms. The Labute approximate surface area is 70.2 Å². The number of rotatable bonds is 2. The zero-order valence-electron chi connectivity index (χ0n) is 6.10.